The van der Waals surface area contributed by atoms with E-state index in [9.17, 15) is 0 Å². The van der Waals surface area contributed by atoms with Gasteiger partial charge in [0.1, 0.15) is 5.75 Å². The molecule has 0 spiro atoms. The fraction of sp³-hybridized carbons (Fsp3) is 0.542. The summed E-state index contributed by atoms with van der Waals surface area (Å²) < 4.78 is 16.5. The lowest BCUT2D eigenvalue weighted by Crippen LogP contribution is -2.38. The van der Waals surface area contributed by atoms with Gasteiger partial charge in [0.15, 0.2) is 5.96 Å². The second kappa shape index (κ2) is 15.5. The molecule has 2 N–H and O–H groups in total. The van der Waals surface area contributed by atoms with E-state index in [-0.39, 0.29) is 24.0 Å². The number of benzene rings is 1. The molecule has 0 aliphatic carbocycles. The molecule has 8 heteroatoms. The number of hydrogen-bond donors (Lipinski definition) is 2. The van der Waals surface area contributed by atoms with Gasteiger partial charge in [-0.3, -0.25) is 0 Å². The van der Waals surface area contributed by atoms with Crippen LogP contribution in [0, 0.1) is 5.92 Å². The Morgan fingerprint density at radius 3 is 2.62 bits per heavy atom. The fourth-order valence-electron chi connectivity index (χ4n) is 3.42. The van der Waals surface area contributed by atoms with Crippen molar-refractivity contribution in [2.75, 3.05) is 46.6 Å². The number of nitrogens with one attached hydrogen (secondary N) is 2. The quantitative estimate of drug-likeness (QED) is 0.173. The Morgan fingerprint density at radius 1 is 1.12 bits per heavy atom. The summed E-state index contributed by atoms with van der Waals surface area (Å²) in [5, 5.41) is 6.73. The minimum absolute atomic E-state index is 0. The topological polar surface area (TPSA) is 64.1 Å². The van der Waals surface area contributed by atoms with Gasteiger partial charge in [-0.1, -0.05) is 0 Å². The number of guanidine groups is 1. The molecule has 1 aliphatic rings. The van der Waals surface area contributed by atoms with Gasteiger partial charge in [-0.15, -0.1) is 35.3 Å². The molecule has 0 saturated carbocycles. The normalized spacial score (nSPS) is 14.6. The van der Waals surface area contributed by atoms with Crippen molar-refractivity contribution in [3.63, 3.8) is 0 Å². The Hall–Kier alpha value is -1.36. The summed E-state index contributed by atoms with van der Waals surface area (Å²) in [5.41, 5.74) is 1.20. The predicted molar refractivity (Wildman–Crippen MR) is 144 cm³/mol. The number of methoxy groups -OCH3 is 1. The summed E-state index contributed by atoms with van der Waals surface area (Å²) in [6.07, 6.45) is 3.21. The molecule has 1 aromatic carbocycles. The lowest BCUT2D eigenvalue weighted by molar-refractivity contribution is 0.0203. The Balaban J connectivity index is 0.00000363. The van der Waals surface area contributed by atoms with E-state index in [1.54, 1.807) is 18.4 Å². The van der Waals surface area contributed by atoms with Crippen LogP contribution in [0.1, 0.15) is 31.1 Å². The number of nitrogens with zero attached hydrogens (tertiary/aromatic N) is 1. The molecule has 2 aromatic rings. The van der Waals surface area contributed by atoms with Crippen molar-refractivity contribution in [1.82, 2.24) is 10.6 Å². The van der Waals surface area contributed by atoms with Crippen LogP contribution in [0.15, 0.2) is 41.4 Å². The Bertz CT molecular complexity index is 792. The maximum Gasteiger partial charge on any atom is 0.191 e. The zero-order valence-corrected chi connectivity index (χ0v) is 22.2. The van der Waals surface area contributed by atoms with E-state index >= 15 is 0 Å². The third-order valence-corrected chi connectivity index (χ3v) is 6.34. The summed E-state index contributed by atoms with van der Waals surface area (Å²) in [6.45, 7) is 7.83. The van der Waals surface area contributed by atoms with Crippen molar-refractivity contribution >= 4 is 41.3 Å². The van der Waals surface area contributed by atoms with E-state index in [2.05, 4.69) is 41.8 Å². The van der Waals surface area contributed by atoms with Gasteiger partial charge in [0.25, 0.3) is 0 Å². The van der Waals surface area contributed by atoms with E-state index < -0.39 is 0 Å². The summed E-state index contributed by atoms with van der Waals surface area (Å²) in [6, 6.07) is 12.5. The summed E-state index contributed by atoms with van der Waals surface area (Å²) >= 11 is 1.78. The van der Waals surface area contributed by atoms with Gasteiger partial charge in [0.05, 0.1) is 13.7 Å². The monoisotopic (exact) mass is 573 g/mol. The second-order valence-corrected chi connectivity index (χ2v) is 8.77. The maximum atomic E-state index is 5.84. The van der Waals surface area contributed by atoms with Crippen molar-refractivity contribution in [3.05, 3.63) is 41.3 Å². The van der Waals surface area contributed by atoms with Crippen LogP contribution in [0.4, 0.5) is 0 Å². The molecular formula is C24H36IN3O3S. The molecule has 0 radical (unpaired) electrons. The molecule has 2 heterocycles. The van der Waals surface area contributed by atoms with E-state index in [0.717, 1.165) is 70.5 Å². The molecule has 32 heavy (non-hydrogen) atoms. The Morgan fingerprint density at radius 2 is 1.91 bits per heavy atom. The van der Waals surface area contributed by atoms with Crippen molar-refractivity contribution in [2.45, 2.75) is 32.7 Å². The number of rotatable bonds is 11. The minimum atomic E-state index is 0. The highest BCUT2D eigenvalue weighted by Crippen LogP contribution is 2.29. The predicted octanol–water partition coefficient (Wildman–Crippen LogP) is 4.93. The van der Waals surface area contributed by atoms with E-state index in [0.29, 0.717) is 12.5 Å². The van der Waals surface area contributed by atoms with Crippen LogP contribution in [0.5, 0.6) is 5.75 Å². The first-order valence-corrected chi connectivity index (χ1v) is 12.0. The third-order valence-electron chi connectivity index (χ3n) is 5.23. The van der Waals surface area contributed by atoms with Gasteiger partial charge >= 0.3 is 0 Å². The molecule has 1 aliphatic heterocycles. The van der Waals surface area contributed by atoms with Crippen LogP contribution in [-0.2, 0) is 16.0 Å². The highest BCUT2D eigenvalue weighted by Gasteiger charge is 2.13. The van der Waals surface area contributed by atoms with Crippen LogP contribution >= 0.6 is 35.3 Å². The maximum absolute atomic E-state index is 5.84. The van der Waals surface area contributed by atoms with Crippen molar-refractivity contribution in [2.24, 2.45) is 10.9 Å². The zero-order valence-electron chi connectivity index (χ0n) is 19.1. The van der Waals surface area contributed by atoms with Crippen LogP contribution < -0.4 is 15.4 Å². The molecule has 3 rings (SSSR count). The fourth-order valence-corrected chi connectivity index (χ4v) is 4.35. The average molecular weight is 574 g/mol. The largest absolute Gasteiger partial charge is 0.497 e. The van der Waals surface area contributed by atoms with Gasteiger partial charge in [0, 0.05) is 49.3 Å². The average Bonchev–Trinajstić information content (AvgIpc) is 3.29. The standard InChI is InChI=1S/C24H35N3O3S.HI/c1-3-25-24(26-13-4-14-30-18-19-11-15-29-16-12-19)27-17-22-9-10-23(31-22)20-5-7-21(28-2)8-6-20;/h5-10,19H,3-4,11-18H2,1-2H3,(H2,25,26,27);1H. The van der Waals surface area contributed by atoms with Gasteiger partial charge in [-0.05, 0) is 74.1 Å². The highest BCUT2D eigenvalue weighted by atomic mass is 127. The molecule has 0 amide bonds. The molecule has 0 bridgehead atoms. The van der Waals surface area contributed by atoms with Gasteiger partial charge in [0.2, 0.25) is 0 Å². The summed E-state index contributed by atoms with van der Waals surface area (Å²) in [7, 11) is 1.69. The van der Waals surface area contributed by atoms with Gasteiger partial charge in [-0.25, -0.2) is 4.99 Å². The van der Waals surface area contributed by atoms with Crippen LogP contribution in [0.2, 0.25) is 0 Å². The van der Waals surface area contributed by atoms with Crippen molar-refractivity contribution < 1.29 is 14.2 Å². The van der Waals surface area contributed by atoms with E-state index in [4.69, 9.17) is 19.2 Å². The summed E-state index contributed by atoms with van der Waals surface area (Å²) in [5.74, 6) is 2.39. The molecule has 1 fully saturated rings. The summed E-state index contributed by atoms with van der Waals surface area (Å²) in [4.78, 5) is 7.22. The number of ether oxygens (including phenoxy) is 3. The van der Waals surface area contributed by atoms with E-state index in [1.807, 2.05) is 12.1 Å². The van der Waals surface area contributed by atoms with Crippen LogP contribution in [0.25, 0.3) is 10.4 Å². The smallest absolute Gasteiger partial charge is 0.191 e. The SMILES string of the molecule is CCNC(=NCc1ccc(-c2ccc(OC)cc2)s1)NCCCOCC1CCOCC1.I. The number of hydrogen-bond acceptors (Lipinski definition) is 5. The number of thiophene rings is 1. The third kappa shape index (κ3) is 9.25. The Labute approximate surface area is 213 Å². The molecule has 1 saturated heterocycles. The second-order valence-electron chi connectivity index (χ2n) is 7.60. The first-order valence-electron chi connectivity index (χ1n) is 11.2. The molecule has 178 valence electrons. The van der Waals surface area contributed by atoms with Crippen molar-refractivity contribution in [3.8, 4) is 16.2 Å². The first kappa shape index (κ1) is 26.9. The van der Waals surface area contributed by atoms with Gasteiger partial charge < -0.3 is 24.8 Å². The van der Waals surface area contributed by atoms with E-state index in [1.165, 1.54) is 15.3 Å². The zero-order chi connectivity index (χ0) is 21.7. The number of halogens is 1. The lowest BCUT2D eigenvalue weighted by atomic mass is 10.0. The lowest BCUT2D eigenvalue weighted by Gasteiger charge is -2.21. The minimum Gasteiger partial charge on any atom is -0.497 e. The Kier molecular flexibility index (Phi) is 13.0. The van der Waals surface area contributed by atoms with Gasteiger partial charge in [-0.2, -0.15) is 0 Å². The van der Waals surface area contributed by atoms with Crippen LogP contribution in [0.3, 0.4) is 0 Å². The highest BCUT2D eigenvalue weighted by molar-refractivity contribution is 14.0. The molecule has 6 nitrogen and oxygen atoms in total. The molecule has 0 atom stereocenters. The number of aliphatic imine (C=N–C) groups is 1. The molecule has 0 unspecified atom stereocenters. The van der Waals surface area contributed by atoms with Crippen molar-refractivity contribution in [1.29, 1.82) is 0 Å². The molecule has 1 aromatic heterocycles. The molecular weight excluding hydrogens is 537 g/mol. The van der Waals surface area contributed by atoms with Crippen LogP contribution in [-0.4, -0.2) is 52.6 Å². The first-order chi connectivity index (χ1) is 15.3.